The Kier molecular flexibility index (Phi) is 6.76. The van der Waals surface area contributed by atoms with Gasteiger partial charge in [-0.3, -0.25) is 28.8 Å². The highest BCUT2D eigenvalue weighted by Gasteiger charge is 2.34. The molecule has 0 aliphatic heterocycles. The van der Waals surface area contributed by atoms with Gasteiger partial charge >= 0.3 is 11.7 Å². The minimum absolute atomic E-state index is 0.0160. The molecule has 0 radical (unpaired) electrons. The molecule has 2 saturated carbocycles. The molecule has 1 aromatic rings. The lowest BCUT2D eigenvalue weighted by Crippen LogP contribution is -2.47. The van der Waals surface area contributed by atoms with Crippen LogP contribution in [0.1, 0.15) is 64.7 Å². The first-order valence-corrected chi connectivity index (χ1v) is 10.5. The average molecular weight is 406 g/mol. The molecule has 9 nitrogen and oxygen atoms in total. The zero-order chi connectivity index (χ0) is 21.0. The number of rotatable bonds is 8. The van der Waals surface area contributed by atoms with E-state index in [9.17, 15) is 19.2 Å². The van der Waals surface area contributed by atoms with Gasteiger partial charge in [-0.15, -0.1) is 0 Å². The number of ether oxygens (including phenoxy) is 1. The lowest BCUT2D eigenvalue weighted by Gasteiger charge is -2.30. The number of amides is 1. The zero-order valence-corrected chi connectivity index (χ0v) is 16.9. The number of aromatic nitrogens is 2. The molecule has 3 N–H and O–H groups in total. The number of nitrogens with zero attached hydrogens (tertiary/aromatic N) is 2. The zero-order valence-electron chi connectivity index (χ0n) is 16.9. The van der Waals surface area contributed by atoms with Crippen LogP contribution in [0.15, 0.2) is 9.59 Å². The van der Waals surface area contributed by atoms with E-state index in [0.29, 0.717) is 13.0 Å². The maximum absolute atomic E-state index is 13.0. The first-order chi connectivity index (χ1) is 13.9. The molecule has 0 spiro atoms. The molecule has 1 amide bonds. The number of hydrogen-bond acceptors (Lipinski definition) is 6. The largest absolute Gasteiger partial charge is 0.455 e. The van der Waals surface area contributed by atoms with E-state index in [1.165, 1.54) is 9.47 Å². The van der Waals surface area contributed by atoms with Gasteiger partial charge in [0.05, 0.1) is 5.92 Å². The number of H-pyrrole nitrogens is 1. The molecule has 3 rings (SSSR count). The quantitative estimate of drug-likeness (QED) is 0.630. The van der Waals surface area contributed by atoms with Gasteiger partial charge in [-0.05, 0) is 32.1 Å². The van der Waals surface area contributed by atoms with E-state index in [4.69, 9.17) is 10.5 Å². The lowest BCUT2D eigenvalue weighted by atomic mass is 9.86. The molecule has 0 atom stereocenters. The summed E-state index contributed by atoms with van der Waals surface area (Å²) in [4.78, 5) is 53.6. The third-order valence-electron chi connectivity index (χ3n) is 5.93. The highest BCUT2D eigenvalue weighted by Crippen LogP contribution is 2.30. The second-order valence-electron chi connectivity index (χ2n) is 7.94. The van der Waals surface area contributed by atoms with Crippen LogP contribution in [0.25, 0.3) is 0 Å². The van der Waals surface area contributed by atoms with Gasteiger partial charge < -0.3 is 10.5 Å². The Morgan fingerprint density at radius 2 is 1.86 bits per heavy atom. The predicted octanol–water partition coefficient (Wildman–Crippen LogP) is 1.54. The summed E-state index contributed by atoms with van der Waals surface area (Å²) in [5, 5.41) is 0. The molecule has 0 saturated heterocycles. The van der Waals surface area contributed by atoms with Crippen molar-refractivity contribution in [3.63, 3.8) is 0 Å². The molecular weight excluding hydrogens is 376 g/mol. The van der Waals surface area contributed by atoms with Crippen molar-refractivity contribution in [1.82, 2.24) is 9.55 Å². The molecule has 0 bridgehead atoms. The van der Waals surface area contributed by atoms with Gasteiger partial charge in [0, 0.05) is 12.6 Å². The van der Waals surface area contributed by atoms with Gasteiger partial charge in [0.1, 0.15) is 5.82 Å². The highest BCUT2D eigenvalue weighted by atomic mass is 16.5. The number of nitrogen functional groups attached to an aromatic ring is 1. The number of carbonyl (C=O) groups is 2. The Bertz CT molecular complexity index is 865. The summed E-state index contributed by atoms with van der Waals surface area (Å²) in [6.07, 6.45) is 7.46. The molecule has 0 aromatic carbocycles. The summed E-state index contributed by atoms with van der Waals surface area (Å²) >= 11 is 0. The Labute approximate surface area is 169 Å². The number of esters is 1. The van der Waals surface area contributed by atoms with Crippen molar-refractivity contribution in [3.05, 3.63) is 20.8 Å². The molecule has 2 aliphatic carbocycles. The van der Waals surface area contributed by atoms with Crippen molar-refractivity contribution in [2.45, 2.75) is 77.3 Å². The molecular formula is C20H30N4O5. The third-order valence-corrected chi connectivity index (χ3v) is 5.93. The molecule has 0 unspecified atom stereocenters. The maximum Gasteiger partial charge on any atom is 0.330 e. The average Bonchev–Trinajstić information content (AvgIpc) is 3.15. The number of nitrogens with one attached hydrogen (secondary N) is 1. The second-order valence-corrected chi connectivity index (χ2v) is 7.94. The fourth-order valence-corrected chi connectivity index (χ4v) is 3.99. The van der Waals surface area contributed by atoms with Crippen LogP contribution in [-0.4, -0.2) is 34.1 Å². The summed E-state index contributed by atoms with van der Waals surface area (Å²) in [6.45, 7) is 1.91. The number of unbranched alkanes of at least 4 members (excludes halogenated alkanes) is 1. The number of carbonyl (C=O) groups excluding carboxylic acids is 2. The van der Waals surface area contributed by atoms with Crippen molar-refractivity contribution in [1.29, 1.82) is 0 Å². The molecule has 2 fully saturated rings. The van der Waals surface area contributed by atoms with Crippen LogP contribution >= 0.6 is 0 Å². The van der Waals surface area contributed by atoms with E-state index in [1.807, 2.05) is 6.92 Å². The van der Waals surface area contributed by atoms with E-state index in [-0.39, 0.29) is 29.4 Å². The number of anilines is 2. The van der Waals surface area contributed by atoms with Gasteiger partial charge in [0.2, 0.25) is 0 Å². The van der Waals surface area contributed by atoms with E-state index in [0.717, 1.165) is 51.4 Å². The molecule has 1 aromatic heterocycles. The van der Waals surface area contributed by atoms with Crippen LogP contribution in [0.5, 0.6) is 0 Å². The standard InChI is InChI=1S/C20H30N4O5/c1-2-3-11-23-17(21)16(18(26)22-20(23)28)24(14-9-4-5-10-14)15(25)12-29-19(27)13-7-6-8-13/h13-14H,2-12,21H2,1H3,(H,22,26,28). The van der Waals surface area contributed by atoms with Crippen molar-refractivity contribution in [2.75, 3.05) is 17.2 Å². The van der Waals surface area contributed by atoms with Crippen molar-refractivity contribution < 1.29 is 14.3 Å². The van der Waals surface area contributed by atoms with E-state index >= 15 is 0 Å². The highest BCUT2D eigenvalue weighted by molar-refractivity contribution is 5.97. The number of aromatic amines is 1. The predicted molar refractivity (Wildman–Crippen MR) is 109 cm³/mol. The summed E-state index contributed by atoms with van der Waals surface area (Å²) < 4.78 is 6.52. The summed E-state index contributed by atoms with van der Waals surface area (Å²) in [5.74, 6) is -1.00. The Balaban J connectivity index is 1.90. The van der Waals surface area contributed by atoms with E-state index in [2.05, 4.69) is 4.98 Å². The Hall–Kier alpha value is -2.58. The molecule has 2 aliphatic rings. The van der Waals surface area contributed by atoms with Crippen LogP contribution in [-0.2, 0) is 20.9 Å². The Morgan fingerprint density at radius 3 is 2.45 bits per heavy atom. The SMILES string of the molecule is CCCCn1c(N)c(N(C(=O)COC(=O)C2CCC2)C2CCCC2)c(=O)[nH]c1=O. The number of hydrogen-bond donors (Lipinski definition) is 2. The maximum atomic E-state index is 13.0. The topological polar surface area (TPSA) is 127 Å². The van der Waals surface area contributed by atoms with Crippen LogP contribution in [0, 0.1) is 5.92 Å². The Morgan fingerprint density at radius 1 is 1.17 bits per heavy atom. The van der Waals surface area contributed by atoms with Crippen molar-refractivity contribution in [3.8, 4) is 0 Å². The van der Waals surface area contributed by atoms with E-state index in [1.54, 1.807) is 0 Å². The smallest absolute Gasteiger partial charge is 0.330 e. The van der Waals surface area contributed by atoms with Crippen molar-refractivity contribution in [2.24, 2.45) is 5.92 Å². The van der Waals surface area contributed by atoms with Gasteiger partial charge in [-0.2, -0.15) is 0 Å². The summed E-state index contributed by atoms with van der Waals surface area (Å²) in [6, 6.07) is -0.203. The first kappa shape index (κ1) is 21.1. The normalized spacial score (nSPS) is 17.1. The number of nitrogens with two attached hydrogens (primary N) is 1. The van der Waals surface area contributed by atoms with Gasteiger partial charge in [-0.25, -0.2) is 4.79 Å². The first-order valence-electron chi connectivity index (χ1n) is 10.5. The van der Waals surface area contributed by atoms with Crippen molar-refractivity contribution >= 4 is 23.4 Å². The summed E-state index contributed by atoms with van der Waals surface area (Å²) in [7, 11) is 0. The van der Waals surface area contributed by atoms with Crippen LogP contribution in [0.4, 0.5) is 11.5 Å². The van der Waals surface area contributed by atoms with Gasteiger partial charge in [0.25, 0.3) is 11.5 Å². The molecule has 160 valence electrons. The fourth-order valence-electron chi connectivity index (χ4n) is 3.99. The fraction of sp³-hybridized carbons (Fsp3) is 0.700. The van der Waals surface area contributed by atoms with E-state index < -0.39 is 23.8 Å². The van der Waals surface area contributed by atoms with Crippen LogP contribution in [0.3, 0.4) is 0 Å². The summed E-state index contributed by atoms with van der Waals surface area (Å²) in [5.41, 5.74) is 4.92. The lowest BCUT2D eigenvalue weighted by molar-refractivity contribution is -0.154. The molecule has 9 heteroatoms. The minimum atomic E-state index is -0.689. The molecule has 29 heavy (non-hydrogen) atoms. The monoisotopic (exact) mass is 406 g/mol. The van der Waals surface area contributed by atoms with Crippen LogP contribution < -0.4 is 21.9 Å². The van der Waals surface area contributed by atoms with Crippen LogP contribution in [0.2, 0.25) is 0 Å². The minimum Gasteiger partial charge on any atom is -0.455 e. The second kappa shape index (κ2) is 9.28. The van der Waals surface area contributed by atoms with Gasteiger partial charge in [-0.1, -0.05) is 32.6 Å². The molecule has 1 heterocycles. The third kappa shape index (κ3) is 4.54. The van der Waals surface area contributed by atoms with Gasteiger partial charge in [0.15, 0.2) is 12.3 Å².